The summed E-state index contributed by atoms with van der Waals surface area (Å²) in [5, 5.41) is 0. The molecule has 1 unspecified atom stereocenters. The Labute approximate surface area is 162 Å². The molecule has 0 N–H and O–H groups in total. The van der Waals surface area contributed by atoms with E-state index in [0.717, 1.165) is 29.7 Å². The molecule has 2 aromatic rings. The van der Waals surface area contributed by atoms with Gasteiger partial charge in [-0.15, -0.1) is 0 Å². The Hall–Kier alpha value is -3.06. The Morgan fingerprint density at radius 3 is 2.79 bits per heavy atom. The fourth-order valence-corrected chi connectivity index (χ4v) is 4.35. The van der Waals surface area contributed by atoms with Gasteiger partial charge in [0.15, 0.2) is 11.5 Å². The molecular weight excluding hydrogens is 360 g/mol. The van der Waals surface area contributed by atoms with Crippen molar-refractivity contribution >= 4 is 17.4 Å². The van der Waals surface area contributed by atoms with Crippen LogP contribution >= 0.6 is 0 Å². The summed E-state index contributed by atoms with van der Waals surface area (Å²) in [7, 11) is 3.53. The van der Waals surface area contributed by atoms with Crippen LogP contribution in [0.5, 0.6) is 17.2 Å². The molecule has 0 saturated carbocycles. The van der Waals surface area contributed by atoms with E-state index < -0.39 is 17.9 Å². The molecule has 1 atom stereocenters. The zero-order chi connectivity index (χ0) is 19.6. The van der Waals surface area contributed by atoms with Gasteiger partial charge in [0.05, 0.1) is 18.4 Å². The van der Waals surface area contributed by atoms with Gasteiger partial charge in [0.2, 0.25) is 12.5 Å². The Bertz CT molecular complexity index is 1030. The van der Waals surface area contributed by atoms with Crippen molar-refractivity contribution in [3.8, 4) is 17.2 Å². The van der Waals surface area contributed by atoms with Crippen LogP contribution in [0.3, 0.4) is 0 Å². The summed E-state index contributed by atoms with van der Waals surface area (Å²) in [6, 6.07) is 7.49. The summed E-state index contributed by atoms with van der Waals surface area (Å²) in [5.41, 5.74) is 3.90. The molecule has 5 rings (SSSR count). The number of aryl methyl sites for hydroxylation is 1. The van der Waals surface area contributed by atoms with Gasteiger partial charge in [-0.1, -0.05) is 11.6 Å². The van der Waals surface area contributed by atoms with Crippen LogP contribution in [0, 0.1) is 6.92 Å². The molecule has 144 valence electrons. The van der Waals surface area contributed by atoms with Crippen LogP contribution in [0.15, 0.2) is 24.3 Å². The van der Waals surface area contributed by atoms with Crippen molar-refractivity contribution < 1.29 is 23.8 Å². The van der Waals surface area contributed by atoms with E-state index in [2.05, 4.69) is 4.90 Å². The number of fused-ring (bicyclic) bond motifs is 3. The highest BCUT2D eigenvalue weighted by Gasteiger charge is 2.45. The van der Waals surface area contributed by atoms with E-state index in [0.29, 0.717) is 28.5 Å². The van der Waals surface area contributed by atoms with Crippen LogP contribution < -0.4 is 19.1 Å². The molecule has 7 heteroatoms. The van der Waals surface area contributed by atoms with Gasteiger partial charge in [-0.2, -0.15) is 0 Å². The van der Waals surface area contributed by atoms with Crippen molar-refractivity contribution in [2.75, 3.05) is 32.4 Å². The lowest BCUT2D eigenvalue weighted by Gasteiger charge is -2.40. The number of ether oxygens (including phenoxy) is 3. The Morgan fingerprint density at radius 1 is 1.18 bits per heavy atom. The quantitative estimate of drug-likeness (QED) is 0.746. The first-order valence-electron chi connectivity index (χ1n) is 9.19. The van der Waals surface area contributed by atoms with Crippen LogP contribution in [0.4, 0.5) is 5.69 Å². The molecule has 0 aromatic heterocycles. The lowest BCUT2D eigenvalue weighted by atomic mass is 9.94. The first-order valence-corrected chi connectivity index (χ1v) is 9.19. The van der Waals surface area contributed by atoms with Crippen LogP contribution in [-0.4, -0.2) is 44.1 Å². The molecule has 3 heterocycles. The second-order valence-corrected chi connectivity index (χ2v) is 7.35. The Kier molecular flexibility index (Phi) is 3.64. The summed E-state index contributed by atoms with van der Waals surface area (Å²) >= 11 is 0. The number of hydrogen-bond donors (Lipinski definition) is 0. The molecule has 7 nitrogen and oxygen atoms in total. The smallest absolute Gasteiger partial charge is 0.301 e. The van der Waals surface area contributed by atoms with E-state index in [9.17, 15) is 9.59 Å². The first kappa shape index (κ1) is 17.1. The van der Waals surface area contributed by atoms with E-state index in [-0.39, 0.29) is 6.79 Å². The van der Waals surface area contributed by atoms with Gasteiger partial charge in [-0.3, -0.25) is 19.4 Å². The molecule has 2 aromatic carbocycles. The van der Waals surface area contributed by atoms with Gasteiger partial charge >= 0.3 is 5.91 Å². The maximum absolute atomic E-state index is 13.0. The van der Waals surface area contributed by atoms with E-state index >= 15 is 0 Å². The number of methoxy groups -OCH3 is 1. The van der Waals surface area contributed by atoms with E-state index in [4.69, 9.17) is 14.2 Å². The van der Waals surface area contributed by atoms with Crippen LogP contribution in [0.25, 0.3) is 0 Å². The second-order valence-electron chi connectivity index (χ2n) is 7.35. The third-order valence-electron chi connectivity index (χ3n) is 5.67. The van der Waals surface area contributed by atoms with E-state index in [1.54, 1.807) is 18.1 Å². The molecule has 28 heavy (non-hydrogen) atoms. The summed E-state index contributed by atoms with van der Waals surface area (Å²) in [5.74, 6) is 0.758. The molecule has 1 amide bonds. The van der Waals surface area contributed by atoms with Gasteiger partial charge in [-0.25, -0.2) is 0 Å². The van der Waals surface area contributed by atoms with Crippen molar-refractivity contribution in [1.29, 1.82) is 0 Å². The number of Topliss-reactive ketones (excluding diaryl/α,β-unsaturated/α-hetero) is 1. The number of carbonyl (C=O) groups is 2. The van der Waals surface area contributed by atoms with Gasteiger partial charge in [0.25, 0.3) is 5.78 Å². The zero-order valence-electron chi connectivity index (χ0n) is 15.9. The van der Waals surface area contributed by atoms with Crippen molar-refractivity contribution in [2.45, 2.75) is 19.5 Å². The standard InChI is InChI=1S/C21H20N2O5/c1-11-4-5-14-13(8-11)17(24)21(25)23(14)20-16-12(6-7-22(20)2)9-15-18(19(16)26-3)28-10-27-15/h4-5,8-9,20H,6-7,10H2,1-3H3. The van der Waals surface area contributed by atoms with Crippen molar-refractivity contribution in [1.82, 2.24) is 4.90 Å². The lowest BCUT2D eigenvalue weighted by Crippen LogP contribution is -2.46. The molecule has 0 bridgehead atoms. The topological polar surface area (TPSA) is 68.3 Å². The van der Waals surface area contributed by atoms with Crippen LogP contribution in [0.1, 0.15) is 33.2 Å². The number of hydrogen-bond acceptors (Lipinski definition) is 6. The second kappa shape index (κ2) is 5.97. The number of nitrogens with zero attached hydrogens (tertiary/aromatic N) is 2. The fourth-order valence-electron chi connectivity index (χ4n) is 4.35. The molecule has 3 aliphatic rings. The maximum atomic E-state index is 13.0. The lowest BCUT2D eigenvalue weighted by molar-refractivity contribution is -0.115. The summed E-state index contributed by atoms with van der Waals surface area (Å²) in [4.78, 5) is 29.3. The number of carbonyl (C=O) groups excluding carboxylic acids is 2. The molecule has 0 saturated heterocycles. The zero-order valence-corrected chi connectivity index (χ0v) is 15.9. The minimum absolute atomic E-state index is 0.137. The van der Waals surface area contributed by atoms with Gasteiger partial charge < -0.3 is 14.2 Å². The molecular formula is C21H20N2O5. The maximum Gasteiger partial charge on any atom is 0.301 e. The molecule has 0 radical (unpaired) electrons. The third-order valence-corrected chi connectivity index (χ3v) is 5.67. The summed E-state index contributed by atoms with van der Waals surface area (Å²) in [6.07, 6.45) is 0.320. The number of rotatable bonds is 2. The largest absolute Gasteiger partial charge is 0.492 e. The van der Waals surface area contributed by atoms with Gasteiger partial charge in [-0.05, 0) is 44.2 Å². The highest BCUT2D eigenvalue weighted by atomic mass is 16.7. The van der Waals surface area contributed by atoms with E-state index in [1.165, 1.54) is 0 Å². The summed E-state index contributed by atoms with van der Waals surface area (Å²) in [6.45, 7) is 2.78. The average molecular weight is 380 g/mol. The average Bonchev–Trinajstić information content (AvgIpc) is 3.24. The van der Waals surface area contributed by atoms with Crippen LogP contribution in [0.2, 0.25) is 0 Å². The number of anilines is 1. The molecule has 3 aliphatic heterocycles. The predicted octanol–water partition coefficient (Wildman–Crippen LogP) is 2.45. The van der Waals surface area contributed by atoms with Crippen LogP contribution in [-0.2, 0) is 11.2 Å². The SMILES string of the molecule is COc1c2c(cc3c1C(N1C(=O)C(=O)c4cc(C)ccc41)N(C)CC3)OCO2. The monoisotopic (exact) mass is 380 g/mol. The molecule has 0 fully saturated rings. The number of likely N-dealkylation sites (N-methyl/N-ethyl adjacent to an activating group) is 1. The highest BCUT2D eigenvalue weighted by molar-refractivity contribution is 6.52. The molecule has 0 aliphatic carbocycles. The summed E-state index contributed by atoms with van der Waals surface area (Å²) < 4.78 is 16.9. The van der Waals surface area contributed by atoms with Crippen molar-refractivity contribution in [3.05, 3.63) is 46.5 Å². The van der Waals surface area contributed by atoms with Gasteiger partial charge in [0, 0.05) is 12.1 Å². The third kappa shape index (κ3) is 2.19. The number of amides is 1. The van der Waals surface area contributed by atoms with Crippen molar-refractivity contribution in [2.24, 2.45) is 0 Å². The van der Waals surface area contributed by atoms with E-state index in [1.807, 2.05) is 32.2 Å². The minimum atomic E-state index is -0.523. The normalized spacial score (nSPS) is 20.4. The predicted molar refractivity (Wildman–Crippen MR) is 101 cm³/mol. The van der Waals surface area contributed by atoms with Gasteiger partial charge in [0.1, 0.15) is 6.17 Å². The Morgan fingerprint density at radius 2 is 2.00 bits per heavy atom. The highest BCUT2D eigenvalue weighted by Crippen LogP contribution is 2.51. The van der Waals surface area contributed by atoms with Crippen molar-refractivity contribution in [3.63, 3.8) is 0 Å². The number of ketones is 1. The Balaban J connectivity index is 1.73. The number of benzene rings is 2. The first-order chi connectivity index (χ1) is 13.5. The minimum Gasteiger partial charge on any atom is -0.492 e. The fraction of sp³-hybridized carbons (Fsp3) is 0.333. The molecule has 0 spiro atoms.